The molecule has 17 nitrogen and oxygen atoms in total. The number of hydrogen-bond acceptors (Lipinski definition) is 12. The molecule has 0 aliphatic carbocycles. The molecule has 0 unspecified atom stereocenters. The summed E-state index contributed by atoms with van der Waals surface area (Å²) in [6.45, 7) is 21.7. The first kappa shape index (κ1) is 39.6. The standard InChI is InChI=1S/C31H53N9O8/c1-28(2,3)45-24(41)36-22(37-25(42)46-29(4,5)6)33-16-19(20-18-35-40-15-13-14-32-21(20)40)17-34-23(38-26(43)47-30(7,8)9)39-27(44)48-31(10,11)12/h18-19,32H,13-17H2,1-12H3,(H2,33,36,37,41,42)(H2,34,38,39,43,44). The van der Waals surface area contributed by atoms with Crippen LogP contribution in [0.3, 0.4) is 0 Å². The Labute approximate surface area is 282 Å². The number of carbonyl (C=O) groups excluding carboxylic acids is 4. The molecule has 2 rings (SSSR count). The molecule has 0 radical (unpaired) electrons. The summed E-state index contributed by atoms with van der Waals surface area (Å²) in [4.78, 5) is 59.7. The summed E-state index contributed by atoms with van der Waals surface area (Å²) < 4.78 is 23.2. The molecule has 1 aliphatic heterocycles. The van der Waals surface area contributed by atoms with Crippen molar-refractivity contribution >= 4 is 42.1 Å². The second kappa shape index (κ2) is 16.0. The highest BCUT2D eigenvalue weighted by atomic mass is 16.6. The van der Waals surface area contributed by atoms with Crippen molar-refractivity contribution in [3.8, 4) is 0 Å². The van der Waals surface area contributed by atoms with E-state index < -0.39 is 52.7 Å². The Morgan fingerprint density at radius 1 is 0.708 bits per heavy atom. The molecule has 1 aliphatic rings. The molecule has 4 amide bonds. The summed E-state index contributed by atoms with van der Waals surface area (Å²) in [6, 6.07) is 0. The van der Waals surface area contributed by atoms with Gasteiger partial charge in [0.1, 0.15) is 28.2 Å². The van der Waals surface area contributed by atoms with Gasteiger partial charge in [-0.05, 0) is 89.5 Å². The van der Waals surface area contributed by atoms with Crippen molar-refractivity contribution in [1.29, 1.82) is 0 Å². The fourth-order valence-electron chi connectivity index (χ4n) is 3.98. The van der Waals surface area contributed by atoms with E-state index in [1.54, 1.807) is 89.3 Å². The molecule has 0 saturated heterocycles. The van der Waals surface area contributed by atoms with Crippen LogP contribution in [0.15, 0.2) is 16.2 Å². The average molecular weight is 680 g/mol. The van der Waals surface area contributed by atoms with Crippen LogP contribution in [-0.4, -0.2) is 88.1 Å². The first-order valence-electron chi connectivity index (χ1n) is 15.8. The van der Waals surface area contributed by atoms with Gasteiger partial charge in [-0.2, -0.15) is 5.10 Å². The lowest BCUT2D eigenvalue weighted by Crippen LogP contribution is -2.47. The lowest BCUT2D eigenvalue weighted by atomic mass is 10.0. The van der Waals surface area contributed by atoms with Crippen LogP contribution in [0.5, 0.6) is 0 Å². The van der Waals surface area contributed by atoms with Crippen molar-refractivity contribution in [2.24, 2.45) is 9.98 Å². The van der Waals surface area contributed by atoms with Crippen molar-refractivity contribution in [2.75, 3.05) is 25.0 Å². The minimum atomic E-state index is -0.845. The van der Waals surface area contributed by atoms with Gasteiger partial charge in [-0.1, -0.05) is 0 Å². The van der Waals surface area contributed by atoms with Crippen LogP contribution in [0, 0.1) is 0 Å². The molecule has 0 fully saturated rings. The van der Waals surface area contributed by atoms with E-state index in [1.165, 1.54) is 0 Å². The number of fused-ring (bicyclic) bond motifs is 1. The quantitative estimate of drug-likeness (QED) is 0.166. The third-order valence-electron chi connectivity index (χ3n) is 5.56. The van der Waals surface area contributed by atoms with Crippen molar-refractivity contribution in [3.05, 3.63) is 11.8 Å². The Morgan fingerprint density at radius 2 is 1.06 bits per heavy atom. The van der Waals surface area contributed by atoms with Crippen LogP contribution in [-0.2, 0) is 25.5 Å². The normalized spacial score (nSPS) is 13.2. The summed E-state index contributed by atoms with van der Waals surface area (Å²) in [5.41, 5.74) is -2.55. The van der Waals surface area contributed by atoms with E-state index in [-0.39, 0.29) is 25.0 Å². The molecule has 48 heavy (non-hydrogen) atoms. The number of nitrogens with zero attached hydrogens (tertiary/aromatic N) is 4. The van der Waals surface area contributed by atoms with Crippen LogP contribution in [0.4, 0.5) is 25.0 Å². The Morgan fingerprint density at radius 3 is 1.40 bits per heavy atom. The van der Waals surface area contributed by atoms with Crippen LogP contribution in [0.25, 0.3) is 0 Å². The number of nitrogens with one attached hydrogen (secondary N) is 5. The topological polar surface area (TPSA) is 208 Å². The number of amides is 4. The van der Waals surface area contributed by atoms with Gasteiger partial charge in [0.05, 0.1) is 19.3 Å². The van der Waals surface area contributed by atoms with Gasteiger partial charge in [-0.3, -0.25) is 31.3 Å². The second-order valence-corrected chi connectivity index (χ2v) is 15.0. The minimum absolute atomic E-state index is 0.0447. The zero-order chi connectivity index (χ0) is 36.5. The van der Waals surface area contributed by atoms with E-state index in [1.807, 2.05) is 4.68 Å². The van der Waals surface area contributed by atoms with E-state index in [0.717, 1.165) is 24.3 Å². The maximum absolute atomic E-state index is 12.7. The molecule has 270 valence electrons. The van der Waals surface area contributed by atoms with Gasteiger partial charge in [0.2, 0.25) is 11.9 Å². The van der Waals surface area contributed by atoms with Gasteiger partial charge < -0.3 is 24.3 Å². The highest BCUT2D eigenvalue weighted by Crippen LogP contribution is 2.28. The lowest BCUT2D eigenvalue weighted by molar-refractivity contribution is 0.0521. The van der Waals surface area contributed by atoms with E-state index in [0.29, 0.717) is 6.54 Å². The summed E-state index contributed by atoms with van der Waals surface area (Å²) in [5, 5.41) is 17.7. The molecule has 0 spiro atoms. The number of aliphatic imine (C=N–C) groups is 2. The second-order valence-electron chi connectivity index (χ2n) is 15.0. The fourth-order valence-corrected chi connectivity index (χ4v) is 3.98. The Balaban J connectivity index is 2.50. The summed E-state index contributed by atoms with van der Waals surface area (Å²) in [7, 11) is 0. The smallest absolute Gasteiger partial charge is 0.414 e. The molecular weight excluding hydrogens is 626 g/mol. The predicted octanol–water partition coefficient (Wildman–Crippen LogP) is 4.59. The monoisotopic (exact) mass is 679 g/mol. The highest BCUT2D eigenvalue weighted by Gasteiger charge is 2.26. The maximum Gasteiger partial charge on any atom is 0.414 e. The fraction of sp³-hybridized carbons (Fsp3) is 0.710. The molecule has 1 aromatic heterocycles. The molecule has 17 heteroatoms. The third kappa shape index (κ3) is 15.8. The number of aromatic nitrogens is 2. The number of ether oxygens (including phenoxy) is 4. The predicted molar refractivity (Wildman–Crippen MR) is 180 cm³/mol. The first-order chi connectivity index (χ1) is 21.9. The Kier molecular flexibility index (Phi) is 13.2. The summed E-state index contributed by atoms with van der Waals surface area (Å²) in [6.07, 6.45) is -0.830. The van der Waals surface area contributed by atoms with Gasteiger partial charge >= 0.3 is 24.4 Å². The molecule has 0 saturated carbocycles. The van der Waals surface area contributed by atoms with Gasteiger partial charge in [0, 0.05) is 24.6 Å². The molecule has 0 aromatic carbocycles. The van der Waals surface area contributed by atoms with E-state index in [4.69, 9.17) is 18.9 Å². The SMILES string of the molecule is CC(C)(C)OC(=O)NC(=NCC(CN=C(NC(=O)OC(C)(C)C)NC(=O)OC(C)(C)C)c1cnn2c1NCCC2)NC(=O)OC(C)(C)C. The number of anilines is 1. The number of guanidine groups is 2. The molecular formula is C31H53N9O8. The average Bonchev–Trinajstić information content (AvgIpc) is 3.28. The largest absolute Gasteiger partial charge is 0.444 e. The molecule has 2 heterocycles. The summed E-state index contributed by atoms with van der Waals surface area (Å²) in [5.74, 6) is -0.243. The molecule has 0 bridgehead atoms. The molecule has 1 aromatic rings. The number of rotatable bonds is 5. The molecule has 5 N–H and O–H groups in total. The zero-order valence-corrected chi connectivity index (χ0v) is 30.2. The zero-order valence-electron chi connectivity index (χ0n) is 30.2. The van der Waals surface area contributed by atoms with Crippen LogP contribution >= 0.6 is 0 Å². The van der Waals surface area contributed by atoms with Gasteiger partial charge in [0.15, 0.2) is 0 Å². The van der Waals surface area contributed by atoms with E-state index in [2.05, 4.69) is 41.7 Å². The van der Waals surface area contributed by atoms with Gasteiger partial charge in [0.25, 0.3) is 0 Å². The van der Waals surface area contributed by atoms with Crippen LogP contribution < -0.4 is 26.6 Å². The van der Waals surface area contributed by atoms with Crippen LogP contribution in [0.2, 0.25) is 0 Å². The maximum atomic E-state index is 12.7. The number of carbonyl (C=O) groups is 4. The number of hydrogen-bond donors (Lipinski definition) is 5. The van der Waals surface area contributed by atoms with Crippen molar-refractivity contribution < 1.29 is 38.1 Å². The van der Waals surface area contributed by atoms with E-state index in [9.17, 15) is 19.2 Å². The first-order valence-corrected chi connectivity index (χ1v) is 15.8. The Hall–Kier alpha value is -4.57. The van der Waals surface area contributed by atoms with Crippen LogP contribution in [0.1, 0.15) is 101 Å². The van der Waals surface area contributed by atoms with Gasteiger partial charge in [-0.15, -0.1) is 0 Å². The minimum Gasteiger partial charge on any atom is -0.444 e. The lowest BCUT2D eigenvalue weighted by Gasteiger charge is -2.23. The van der Waals surface area contributed by atoms with Gasteiger partial charge in [-0.25, -0.2) is 23.9 Å². The van der Waals surface area contributed by atoms with Crippen molar-refractivity contribution in [1.82, 2.24) is 31.0 Å². The number of alkyl carbamates (subject to hydrolysis) is 4. The third-order valence-corrected chi connectivity index (χ3v) is 5.56. The van der Waals surface area contributed by atoms with Crippen molar-refractivity contribution in [2.45, 2.75) is 124 Å². The number of aryl methyl sites for hydroxylation is 1. The van der Waals surface area contributed by atoms with E-state index >= 15 is 0 Å². The Bertz CT molecular complexity index is 1220. The summed E-state index contributed by atoms with van der Waals surface area (Å²) >= 11 is 0. The molecule has 0 atom stereocenters. The highest BCUT2D eigenvalue weighted by molar-refractivity contribution is 6.02. The van der Waals surface area contributed by atoms with Crippen molar-refractivity contribution in [3.63, 3.8) is 0 Å².